The summed E-state index contributed by atoms with van der Waals surface area (Å²) in [6.07, 6.45) is 15.0. The molecule has 2 aromatic heterocycles. The van der Waals surface area contributed by atoms with E-state index in [0.717, 1.165) is 92.8 Å². The van der Waals surface area contributed by atoms with Gasteiger partial charge in [0, 0.05) is 42.0 Å². The highest BCUT2D eigenvalue weighted by Gasteiger charge is 2.45. The molecule has 0 spiro atoms. The number of hydrogen-bond acceptors (Lipinski definition) is 5. The smallest absolute Gasteiger partial charge is 0.328 e. The van der Waals surface area contributed by atoms with Crippen molar-refractivity contribution in [1.82, 2.24) is 19.8 Å². The van der Waals surface area contributed by atoms with Crippen LogP contribution >= 0.6 is 0 Å². The third-order valence-corrected chi connectivity index (χ3v) is 10.9. The van der Waals surface area contributed by atoms with Crippen molar-refractivity contribution in [3.05, 3.63) is 89.6 Å². The number of likely N-dealkylation sites (tertiary alicyclic amines) is 1. The van der Waals surface area contributed by atoms with E-state index in [-0.39, 0.29) is 24.3 Å². The van der Waals surface area contributed by atoms with Gasteiger partial charge in [-0.2, -0.15) is 0 Å². The summed E-state index contributed by atoms with van der Waals surface area (Å²) in [5.41, 5.74) is 4.46. The third kappa shape index (κ3) is 7.31. The first kappa shape index (κ1) is 34.2. The van der Waals surface area contributed by atoms with E-state index in [1.54, 1.807) is 30.5 Å². The molecule has 3 N–H and O–H groups in total. The van der Waals surface area contributed by atoms with Crippen molar-refractivity contribution in [2.45, 2.75) is 88.6 Å². The highest BCUT2D eigenvalue weighted by Crippen LogP contribution is 2.44. The monoisotopic (exact) mass is 687 g/mol. The molecular weight excluding hydrogens is 642 g/mol. The van der Waals surface area contributed by atoms with E-state index >= 15 is 0 Å². The lowest BCUT2D eigenvalue weighted by atomic mass is 9.75. The van der Waals surface area contributed by atoms with Gasteiger partial charge in [0.25, 0.3) is 5.91 Å². The number of carbonyl (C=O) groups excluding carboxylic acids is 3. The van der Waals surface area contributed by atoms with E-state index < -0.39 is 11.5 Å². The highest BCUT2D eigenvalue weighted by molar-refractivity contribution is 6.06. The number of rotatable bonds is 10. The first-order chi connectivity index (χ1) is 24.8. The Balaban J connectivity index is 1.21. The van der Waals surface area contributed by atoms with Gasteiger partial charge in [0.15, 0.2) is 0 Å². The Bertz CT molecular complexity index is 1950. The van der Waals surface area contributed by atoms with Crippen molar-refractivity contribution >= 4 is 46.4 Å². The van der Waals surface area contributed by atoms with Crippen molar-refractivity contribution in [2.75, 3.05) is 18.4 Å². The fourth-order valence-corrected chi connectivity index (χ4v) is 7.97. The van der Waals surface area contributed by atoms with E-state index in [1.165, 1.54) is 18.1 Å². The van der Waals surface area contributed by atoms with Crippen LogP contribution in [0.15, 0.2) is 72.9 Å². The van der Waals surface area contributed by atoms with Gasteiger partial charge in [-0.25, -0.2) is 4.79 Å². The molecule has 0 radical (unpaired) electrons. The number of fused-ring (bicyclic) bond motifs is 1. The lowest BCUT2D eigenvalue weighted by molar-refractivity contribution is -0.133. The van der Waals surface area contributed by atoms with Crippen molar-refractivity contribution in [2.24, 2.45) is 0 Å². The van der Waals surface area contributed by atoms with Gasteiger partial charge in [0.1, 0.15) is 12.1 Å². The van der Waals surface area contributed by atoms with Crippen molar-refractivity contribution in [3.63, 3.8) is 0 Å². The zero-order valence-electron chi connectivity index (χ0n) is 28.9. The molecule has 3 amide bonds. The number of aliphatic carboxylic acids is 1. The molecule has 10 heteroatoms. The molecule has 264 valence electrons. The topological polar surface area (TPSA) is 134 Å². The summed E-state index contributed by atoms with van der Waals surface area (Å²) in [5, 5.41) is 16.0. The Labute approximate surface area is 297 Å². The second-order valence-corrected chi connectivity index (χ2v) is 14.2. The molecule has 0 atom stereocenters. The van der Waals surface area contributed by atoms with E-state index in [2.05, 4.69) is 15.2 Å². The van der Waals surface area contributed by atoms with Crippen molar-refractivity contribution in [1.29, 1.82) is 0 Å². The minimum Gasteiger partial charge on any atom is -0.478 e. The van der Waals surface area contributed by atoms with Gasteiger partial charge < -0.3 is 25.2 Å². The summed E-state index contributed by atoms with van der Waals surface area (Å²) < 4.78 is 2.09. The molecule has 1 saturated heterocycles. The number of carboxylic acid groups (broad SMARTS) is 1. The number of aromatic nitrogens is 2. The number of amides is 3. The van der Waals surface area contributed by atoms with E-state index in [1.807, 2.05) is 41.3 Å². The molecule has 3 fully saturated rings. The van der Waals surface area contributed by atoms with Crippen LogP contribution in [0.5, 0.6) is 0 Å². The largest absolute Gasteiger partial charge is 0.478 e. The lowest BCUT2D eigenvalue weighted by Crippen LogP contribution is -2.61. The molecule has 2 aromatic carbocycles. The molecule has 0 unspecified atom stereocenters. The van der Waals surface area contributed by atoms with Gasteiger partial charge in [-0.3, -0.25) is 19.4 Å². The zero-order valence-corrected chi connectivity index (χ0v) is 28.9. The first-order valence-electron chi connectivity index (χ1n) is 18.3. The Kier molecular flexibility index (Phi) is 10.0. The number of carbonyl (C=O) groups is 4. The molecule has 3 heterocycles. The lowest BCUT2D eigenvalue weighted by Gasteiger charge is -2.40. The molecular formula is C41H45N5O5. The van der Waals surface area contributed by atoms with Gasteiger partial charge in [-0.1, -0.05) is 43.5 Å². The van der Waals surface area contributed by atoms with Gasteiger partial charge in [-0.05, 0) is 111 Å². The van der Waals surface area contributed by atoms with Gasteiger partial charge in [0.2, 0.25) is 11.8 Å². The zero-order chi connectivity index (χ0) is 35.4. The van der Waals surface area contributed by atoms with Crippen LogP contribution in [0.25, 0.3) is 28.4 Å². The number of nitrogens with one attached hydrogen (secondary N) is 2. The van der Waals surface area contributed by atoms with E-state index in [4.69, 9.17) is 10.1 Å². The maximum atomic E-state index is 14.0. The first-order valence-corrected chi connectivity index (χ1v) is 18.3. The number of hydrogen-bond donors (Lipinski definition) is 3. The quantitative estimate of drug-likeness (QED) is 0.152. The SMILES string of the molecule is O=C(O)/C=C/c1ccc(NC(=O)C2(NC(=O)c3ccc4c(C5CCCCC5)c(-c5ccccn5)n(CC(=O)N5CCCCC5)c4c3)CCC2)cc1. The molecule has 7 rings (SSSR count). The van der Waals surface area contributed by atoms with Crippen LogP contribution < -0.4 is 10.6 Å². The van der Waals surface area contributed by atoms with Gasteiger partial charge in [0.05, 0.1) is 16.9 Å². The van der Waals surface area contributed by atoms with Crippen LogP contribution in [0.1, 0.15) is 98.0 Å². The maximum Gasteiger partial charge on any atom is 0.328 e. The van der Waals surface area contributed by atoms with Crippen LogP contribution in [0, 0.1) is 0 Å². The normalized spacial score (nSPS) is 17.6. The molecule has 1 aliphatic heterocycles. The number of carboxylic acids is 1. The van der Waals surface area contributed by atoms with Crippen LogP contribution in [0.2, 0.25) is 0 Å². The average Bonchev–Trinajstić information content (AvgIpc) is 3.46. The molecule has 2 aliphatic carbocycles. The minimum atomic E-state index is -1.05. The van der Waals surface area contributed by atoms with Gasteiger partial charge >= 0.3 is 5.97 Å². The van der Waals surface area contributed by atoms with Crippen molar-refractivity contribution in [3.8, 4) is 11.4 Å². The average molecular weight is 688 g/mol. The summed E-state index contributed by atoms with van der Waals surface area (Å²) in [6.45, 7) is 1.68. The predicted octanol–water partition coefficient (Wildman–Crippen LogP) is 7.15. The van der Waals surface area contributed by atoms with E-state index in [0.29, 0.717) is 35.6 Å². The molecule has 10 nitrogen and oxygen atoms in total. The Morgan fingerprint density at radius 2 is 1.63 bits per heavy atom. The number of anilines is 1. The van der Waals surface area contributed by atoms with Crippen LogP contribution in [0.4, 0.5) is 5.69 Å². The third-order valence-electron chi connectivity index (χ3n) is 10.9. The predicted molar refractivity (Wildman–Crippen MR) is 197 cm³/mol. The number of piperidine rings is 1. The second-order valence-electron chi connectivity index (χ2n) is 14.2. The van der Waals surface area contributed by atoms with Gasteiger partial charge in [-0.15, -0.1) is 0 Å². The molecule has 0 bridgehead atoms. The highest BCUT2D eigenvalue weighted by atomic mass is 16.4. The summed E-state index contributed by atoms with van der Waals surface area (Å²) in [6, 6.07) is 18.5. The standard InChI is InChI=1S/C41H45N5O5/c47-35(45-24-7-2-8-25-45)27-46-34-26-30(16-19-32(34)37(29-10-3-1-4-11-29)38(46)33-12-5-6-23-42-33)39(50)44-41(21-9-22-41)40(51)43-31-17-13-28(14-18-31)15-20-36(48)49/h5-6,12-20,23,26,29H,1-4,7-11,21-22,24-25,27H2,(H,43,51)(H,44,50)(H,48,49)/b20-15+. The number of benzene rings is 2. The summed E-state index contributed by atoms with van der Waals surface area (Å²) in [7, 11) is 0. The molecule has 2 saturated carbocycles. The second kappa shape index (κ2) is 14.9. The summed E-state index contributed by atoms with van der Waals surface area (Å²) >= 11 is 0. The summed E-state index contributed by atoms with van der Waals surface area (Å²) in [4.78, 5) is 59.1. The van der Waals surface area contributed by atoms with Crippen LogP contribution in [-0.4, -0.2) is 61.9 Å². The van der Waals surface area contributed by atoms with Crippen molar-refractivity contribution < 1.29 is 24.3 Å². The molecule has 4 aromatic rings. The summed E-state index contributed by atoms with van der Waals surface area (Å²) in [5.74, 6) is -1.26. The van der Waals surface area contributed by atoms with Crippen LogP contribution in [-0.2, 0) is 20.9 Å². The Morgan fingerprint density at radius 1 is 0.882 bits per heavy atom. The molecule has 3 aliphatic rings. The number of pyridine rings is 1. The minimum absolute atomic E-state index is 0.0739. The van der Waals surface area contributed by atoms with E-state index in [9.17, 15) is 19.2 Å². The van der Waals surface area contributed by atoms with Crippen LogP contribution in [0.3, 0.4) is 0 Å². The Morgan fingerprint density at radius 3 is 2.29 bits per heavy atom. The fourth-order valence-electron chi connectivity index (χ4n) is 7.97. The molecule has 51 heavy (non-hydrogen) atoms. The number of nitrogens with zero attached hydrogens (tertiary/aromatic N) is 3. The fraction of sp³-hybridized carbons (Fsp3) is 0.390. The Hall–Kier alpha value is -5.25. The maximum absolute atomic E-state index is 14.0.